The van der Waals surface area contributed by atoms with Gasteiger partial charge in [0.2, 0.25) is 0 Å². The Balaban J connectivity index is 2.14. The van der Waals surface area contributed by atoms with Gasteiger partial charge in [-0.1, -0.05) is 25.4 Å². The van der Waals surface area contributed by atoms with Gasteiger partial charge >= 0.3 is 0 Å². The van der Waals surface area contributed by atoms with Crippen LogP contribution in [0.5, 0.6) is 0 Å². The lowest BCUT2D eigenvalue weighted by molar-refractivity contribution is 0.276. The number of nitrogens with zero attached hydrogens (tertiary/aromatic N) is 1. The Labute approximate surface area is 114 Å². The molecule has 1 aliphatic carbocycles. The minimum absolute atomic E-state index is 0.451. The molecular formula is C15H19ClN2. The Kier molecular flexibility index (Phi) is 4.14. The fraction of sp³-hybridized carbons (Fsp3) is 0.533. The van der Waals surface area contributed by atoms with E-state index in [-0.39, 0.29) is 0 Å². The lowest BCUT2D eigenvalue weighted by Gasteiger charge is -2.34. The fourth-order valence-electron chi connectivity index (χ4n) is 2.81. The van der Waals surface area contributed by atoms with Gasteiger partial charge in [-0.3, -0.25) is 0 Å². The summed E-state index contributed by atoms with van der Waals surface area (Å²) in [6, 6.07) is 8.06. The molecule has 0 aromatic heterocycles. The topological polar surface area (TPSA) is 35.8 Å². The number of benzene rings is 1. The van der Waals surface area contributed by atoms with Crippen molar-refractivity contribution in [3.05, 3.63) is 28.8 Å². The van der Waals surface area contributed by atoms with Crippen LogP contribution in [0.1, 0.15) is 38.7 Å². The SMILES string of the molecule is CC1CCC(Nc2cc(Cl)ccc2C#N)C(C)C1. The minimum atomic E-state index is 0.451. The van der Waals surface area contributed by atoms with Crippen LogP contribution < -0.4 is 5.32 Å². The maximum Gasteiger partial charge on any atom is 0.101 e. The van der Waals surface area contributed by atoms with Gasteiger partial charge in [0.05, 0.1) is 11.3 Å². The zero-order chi connectivity index (χ0) is 13.1. The average molecular weight is 263 g/mol. The number of hydrogen-bond donors (Lipinski definition) is 1. The van der Waals surface area contributed by atoms with E-state index >= 15 is 0 Å². The standard InChI is InChI=1S/C15H19ClN2/c1-10-3-6-14(11(2)7-10)18-15-8-13(16)5-4-12(15)9-17/h4-5,8,10-11,14,18H,3,6-7H2,1-2H3. The van der Waals surface area contributed by atoms with Crippen molar-refractivity contribution in [3.8, 4) is 6.07 Å². The first-order chi connectivity index (χ1) is 8.60. The molecule has 0 radical (unpaired) electrons. The summed E-state index contributed by atoms with van der Waals surface area (Å²) < 4.78 is 0. The molecule has 0 spiro atoms. The molecule has 1 saturated carbocycles. The van der Waals surface area contributed by atoms with Crippen LogP contribution in [0.15, 0.2) is 18.2 Å². The van der Waals surface area contributed by atoms with Crippen molar-refractivity contribution in [1.29, 1.82) is 5.26 Å². The minimum Gasteiger partial charge on any atom is -0.381 e. The Morgan fingerprint density at radius 2 is 2.11 bits per heavy atom. The van der Waals surface area contributed by atoms with E-state index in [2.05, 4.69) is 25.2 Å². The molecule has 3 heteroatoms. The maximum atomic E-state index is 9.11. The quantitative estimate of drug-likeness (QED) is 0.855. The molecule has 96 valence electrons. The van der Waals surface area contributed by atoms with Crippen molar-refractivity contribution in [1.82, 2.24) is 0 Å². The van der Waals surface area contributed by atoms with E-state index in [0.29, 0.717) is 22.5 Å². The fourth-order valence-corrected chi connectivity index (χ4v) is 2.99. The molecule has 0 aliphatic heterocycles. The van der Waals surface area contributed by atoms with Crippen LogP contribution in [-0.2, 0) is 0 Å². The molecule has 1 N–H and O–H groups in total. The molecule has 1 aromatic rings. The third-order valence-corrected chi connectivity index (χ3v) is 4.11. The highest BCUT2D eigenvalue weighted by Crippen LogP contribution is 2.32. The molecular weight excluding hydrogens is 244 g/mol. The Morgan fingerprint density at radius 3 is 2.78 bits per heavy atom. The van der Waals surface area contributed by atoms with Gasteiger partial charge in [-0.2, -0.15) is 5.26 Å². The van der Waals surface area contributed by atoms with Gasteiger partial charge in [0.15, 0.2) is 0 Å². The highest BCUT2D eigenvalue weighted by atomic mass is 35.5. The summed E-state index contributed by atoms with van der Waals surface area (Å²) >= 11 is 6.00. The molecule has 2 rings (SSSR count). The van der Waals surface area contributed by atoms with Gasteiger partial charge in [-0.15, -0.1) is 0 Å². The van der Waals surface area contributed by atoms with E-state index < -0.39 is 0 Å². The summed E-state index contributed by atoms with van der Waals surface area (Å²) in [6.45, 7) is 4.59. The first-order valence-electron chi connectivity index (χ1n) is 6.56. The number of halogens is 1. The summed E-state index contributed by atoms with van der Waals surface area (Å²) in [5.74, 6) is 1.45. The van der Waals surface area contributed by atoms with Crippen molar-refractivity contribution in [2.24, 2.45) is 11.8 Å². The van der Waals surface area contributed by atoms with Crippen LogP contribution in [0.2, 0.25) is 5.02 Å². The van der Waals surface area contributed by atoms with E-state index in [0.717, 1.165) is 11.6 Å². The summed E-state index contributed by atoms with van der Waals surface area (Å²) in [5.41, 5.74) is 1.54. The van der Waals surface area contributed by atoms with Gasteiger partial charge in [-0.05, 0) is 49.3 Å². The third-order valence-electron chi connectivity index (χ3n) is 3.87. The molecule has 0 bridgehead atoms. The molecule has 0 heterocycles. The van der Waals surface area contributed by atoms with E-state index in [9.17, 15) is 0 Å². The molecule has 3 unspecified atom stereocenters. The summed E-state index contributed by atoms with van der Waals surface area (Å²) in [7, 11) is 0. The van der Waals surface area contributed by atoms with Crippen LogP contribution >= 0.6 is 11.6 Å². The third kappa shape index (κ3) is 2.97. The Hall–Kier alpha value is -1.20. The highest BCUT2D eigenvalue weighted by Gasteiger charge is 2.25. The van der Waals surface area contributed by atoms with E-state index in [4.69, 9.17) is 16.9 Å². The highest BCUT2D eigenvalue weighted by molar-refractivity contribution is 6.30. The van der Waals surface area contributed by atoms with Gasteiger partial charge in [0.1, 0.15) is 6.07 Å². The number of rotatable bonds is 2. The summed E-state index contributed by atoms with van der Waals surface area (Å²) in [5, 5.41) is 13.3. The predicted octanol–water partition coefficient (Wildman–Crippen LogP) is 4.45. The lowest BCUT2D eigenvalue weighted by Crippen LogP contribution is -2.33. The number of nitrogens with one attached hydrogen (secondary N) is 1. The molecule has 0 amide bonds. The average Bonchev–Trinajstić information content (AvgIpc) is 2.33. The largest absolute Gasteiger partial charge is 0.381 e. The summed E-state index contributed by atoms with van der Waals surface area (Å²) in [4.78, 5) is 0. The van der Waals surface area contributed by atoms with Crippen molar-refractivity contribution in [2.45, 2.75) is 39.2 Å². The van der Waals surface area contributed by atoms with Gasteiger partial charge in [0.25, 0.3) is 0 Å². The van der Waals surface area contributed by atoms with Crippen LogP contribution in [0, 0.1) is 23.2 Å². The lowest BCUT2D eigenvalue weighted by atomic mass is 9.80. The van der Waals surface area contributed by atoms with Gasteiger partial charge < -0.3 is 5.32 Å². The monoisotopic (exact) mass is 262 g/mol. The van der Waals surface area contributed by atoms with Gasteiger partial charge in [-0.25, -0.2) is 0 Å². The van der Waals surface area contributed by atoms with Crippen LogP contribution in [-0.4, -0.2) is 6.04 Å². The molecule has 0 saturated heterocycles. The maximum absolute atomic E-state index is 9.11. The normalized spacial score (nSPS) is 27.6. The first-order valence-corrected chi connectivity index (χ1v) is 6.94. The molecule has 1 fully saturated rings. The number of hydrogen-bond acceptors (Lipinski definition) is 2. The second-order valence-electron chi connectivity index (χ2n) is 5.45. The van der Waals surface area contributed by atoms with Crippen molar-refractivity contribution in [2.75, 3.05) is 5.32 Å². The second-order valence-corrected chi connectivity index (χ2v) is 5.88. The van der Waals surface area contributed by atoms with E-state index in [1.165, 1.54) is 19.3 Å². The van der Waals surface area contributed by atoms with Crippen LogP contribution in [0.3, 0.4) is 0 Å². The van der Waals surface area contributed by atoms with E-state index in [1.54, 1.807) is 12.1 Å². The van der Waals surface area contributed by atoms with Crippen LogP contribution in [0.4, 0.5) is 5.69 Å². The van der Waals surface area contributed by atoms with Gasteiger partial charge in [0, 0.05) is 11.1 Å². The summed E-state index contributed by atoms with van der Waals surface area (Å²) in [6.07, 6.45) is 3.67. The first kappa shape index (κ1) is 13.2. The molecule has 2 nitrogen and oxygen atoms in total. The van der Waals surface area contributed by atoms with Crippen molar-refractivity contribution >= 4 is 17.3 Å². The predicted molar refractivity (Wildman–Crippen MR) is 75.8 cm³/mol. The number of anilines is 1. The van der Waals surface area contributed by atoms with Crippen LogP contribution in [0.25, 0.3) is 0 Å². The smallest absolute Gasteiger partial charge is 0.101 e. The Bertz CT molecular complexity index is 464. The molecule has 1 aromatic carbocycles. The molecule has 1 aliphatic rings. The zero-order valence-electron chi connectivity index (χ0n) is 10.9. The molecule has 3 atom stereocenters. The second kappa shape index (κ2) is 5.63. The zero-order valence-corrected chi connectivity index (χ0v) is 11.7. The molecule has 18 heavy (non-hydrogen) atoms. The number of nitriles is 1. The van der Waals surface area contributed by atoms with Crippen molar-refractivity contribution in [3.63, 3.8) is 0 Å². The van der Waals surface area contributed by atoms with E-state index in [1.807, 2.05) is 6.07 Å². The van der Waals surface area contributed by atoms with Crippen molar-refractivity contribution < 1.29 is 0 Å². The Morgan fingerprint density at radius 1 is 1.33 bits per heavy atom.